The smallest absolute Gasteiger partial charge is 0.237 e. The minimum absolute atomic E-state index is 0.143. The van der Waals surface area contributed by atoms with Crippen LogP contribution in [0, 0.1) is 0 Å². The van der Waals surface area contributed by atoms with Crippen molar-refractivity contribution in [2.75, 3.05) is 13.1 Å². The molecule has 0 rings (SSSR count). The molecular formula is C11H21N3O. The number of hydrogen-bond donors (Lipinski definition) is 3. The Hall–Kier alpha value is -1.13. The van der Waals surface area contributed by atoms with Gasteiger partial charge in [-0.1, -0.05) is 25.7 Å². The van der Waals surface area contributed by atoms with Gasteiger partial charge in [0.2, 0.25) is 5.91 Å². The molecule has 0 bridgehead atoms. The minimum atomic E-state index is -0.450. The van der Waals surface area contributed by atoms with Crippen LogP contribution in [0.25, 0.3) is 0 Å². The first-order valence-electron chi connectivity index (χ1n) is 5.15. The van der Waals surface area contributed by atoms with Crippen molar-refractivity contribution in [3.8, 4) is 0 Å². The fourth-order valence-corrected chi connectivity index (χ4v) is 1.04. The van der Waals surface area contributed by atoms with E-state index >= 15 is 0 Å². The average Bonchev–Trinajstić information content (AvgIpc) is 2.25. The fourth-order valence-electron chi connectivity index (χ4n) is 1.04. The third-order valence-electron chi connectivity index (χ3n) is 2.08. The molecule has 5 N–H and O–H groups in total. The number of rotatable bonds is 8. The summed E-state index contributed by atoms with van der Waals surface area (Å²) in [6, 6.07) is -0.450. The van der Waals surface area contributed by atoms with Gasteiger partial charge < -0.3 is 16.8 Å². The van der Waals surface area contributed by atoms with Crippen LogP contribution in [0.5, 0.6) is 0 Å². The van der Waals surface area contributed by atoms with E-state index in [1.807, 2.05) is 0 Å². The first-order chi connectivity index (χ1) is 7.11. The monoisotopic (exact) mass is 211 g/mol. The maximum Gasteiger partial charge on any atom is 0.237 e. The van der Waals surface area contributed by atoms with Crippen LogP contribution >= 0.6 is 0 Å². The highest BCUT2D eigenvalue weighted by Crippen LogP contribution is 1.98. The lowest BCUT2D eigenvalue weighted by molar-refractivity contribution is -0.122. The zero-order valence-electron chi connectivity index (χ0n) is 9.17. The Morgan fingerprint density at radius 3 is 2.67 bits per heavy atom. The van der Waals surface area contributed by atoms with Gasteiger partial charge in [-0.2, -0.15) is 0 Å². The summed E-state index contributed by atoms with van der Waals surface area (Å²) in [5, 5.41) is 2.69. The second-order valence-electron chi connectivity index (χ2n) is 3.47. The molecule has 0 radical (unpaired) electrons. The summed E-state index contributed by atoms with van der Waals surface area (Å²) in [5.74, 6) is -0.143. The lowest BCUT2D eigenvalue weighted by Gasteiger charge is -2.11. The Balaban J connectivity index is 3.69. The van der Waals surface area contributed by atoms with E-state index < -0.39 is 6.04 Å². The van der Waals surface area contributed by atoms with Gasteiger partial charge >= 0.3 is 0 Å². The predicted molar refractivity (Wildman–Crippen MR) is 63.2 cm³/mol. The van der Waals surface area contributed by atoms with Gasteiger partial charge in [-0.25, -0.2) is 0 Å². The Morgan fingerprint density at radius 2 is 2.13 bits per heavy atom. The third kappa shape index (κ3) is 6.88. The number of carbonyl (C=O) groups excluding carboxylic acids is 1. The largest absolute Gasteiger partial charge is 0.351 e. The quantitative estimate of drug-likeness (QED) is 0.399. The van der Waals surface area contributed by atoms with E-state index in [-0.39, 0.29) is 5.91 Å². The molecule has 4 heteroatoms. The topological polar surface area (TPSA) is 81.1 Å². The van der Waals surface area contributed by atoms with Crippen LogP contribution in [0.15, 0.2) is 24.8 Å². The van der Waals surface area contributed by atoms with Crippen molar-refractivity contribution < 1.29 is 4.79 Å². The Bertz CT molecular complexity index is 226. The molecule has 0 aliphatic heterocycles. The summed E-state index contributed by atoms with van der Waals surface area (Å²) >= 11 is 0. The van der Waals surface area contributed by atoms with E-state index in [2.05, 4.69) is 18.5 Å². The number of nitrogens with two attached hydrogens (primary N) is 2. The van der Waals surface area contributed by atoms with E-state index in [1.54, 1.807) is 6.08 Å². The summed E-state index contributed by atoms with van der Waals surface area (Å²) in [6.45, 7) is 8.29. The molecule has 86 valence electrons. The second-order valence-corrected chi connectivity index (χ2v) is 3.47. The third-order valence-corrected chi connectivity index (χ3v) is 2.08. The number of carbonyl (C=O) groups is 1. The van der Waals surface area contributed by atoms with Crippen molar-refractivity contribution in [3.63, 3.8) is 0 Å². The van der Waals surface area contributed by atoms with Crippen LogP contribution in [0.1, 0.15) is 19.3 Å². The first kappa shape index (κ1) is 13.9. The van der Waals surface area contributed by atoms with E-state index in [1.165, 1.54) is 0 Å². The van der Waals surface area contributed by atoms with Gasteiger partial charge in [-0.05, 0) is 25.0 Å². The van der Waals surface area contributed by atoms with Crippen LogP contribution in [0.4, 0.5) is 0 Å². The summed E-state index contributed by atoms with van der Waals surface area (Å²) in [6.07, 6.45) is 4.07. The number of amides is 1. The highest BCUT2D eigenvalue weighted by atomic mass is 16.2. The van der Waals surface area contributed by atoms with Gasteiger partial charge in [0.25, 0.3) is 0 Å². The lowest BCUT2D eigenvalue weighted by Crippen LogP contribution is -2.41. The molecule has 4 nitrogen and oxygen atoms in total. The van der Waals surface area contributed by atoms with Crippen LogP contribution in [-0.2, 0) is 4.79 Å². The van der Waals surface area contributed by atoms with Crippen molar-refractivity contribution in [2.45, 2.75) is 25.3 Å². The van der Waals surface area contributed by atoms with Crippen LogP contribution in [0.3, 0.4) is 0 Å². The van der Waals surface area contributed by atoms with Crippen molar-refractivity contribution in [1.29, 1.82) is 0 Å². The van der Waals surface area contributed by atoms with Crippen LogP contribution < -0.4 is 16.8 Å². The highest BCUT2D eigenvalue weighted by molar-refractivity contribution is 5.81. The maximum atomic E-state index is 11.4. The van der Waals surface area contributed by atoms with Crippen molar-refractivity contribution in [2.24, 2.45) is 11.5 Å². The molecule has 0 aromatic rings. The van der Waals surface area contributed by atoms with Crippen LogP contribution in [-0.4, -0.2) is 25.0 Å². The van der Waals surface area contributed by atoms with E-state index in [0.717, 1.165) is 18.4 Å². The maximum absolute atomic E-state index is 11.4. The molecule has 0 aromatic heterocycles. The van der Waals surface area contributed by atoms with Crippen molar-refractivity contribution in [1.82, 2.24) is 5.32 Å². The van der Waals surface area contributed by atoms with Crippen molar-refractivity contribution >= 4 is 5.91 Å². The number of unbranched alkanes of at least 4 members (excludes halogenated alkanes) is 1. The molecule has 0 aliphatic rings. The average molecular weight is 211 g/mol. The second kappa shape index (κ2) is 8.20. The fraction of sp³-hybridized carbons (Fsp3) is 0.545. The molecule has 0 fully saturated rings. The summed E-state index contributed by atoms with van der Waals surface area (Å²) in [4.78, 5) is 11.4. The van der Waals surface area contributed by atoms with Gasteiger partial charge in [-0.15, -0.1) is 0 Å². The molecular weight excluding hydrogens is 190 g/mol. The van der Waals surface area contributed by atoms with Gasteiger partial charge in [-0.3, -0.25) is 4.79 Å². The summed E-state index contributed by atoms with van der Waals surface area (Å²) < 4.78 is 0. The van der Waals surface area contributed by atoms with Crippen molar-refractivity contribution in [3.05, 3.63) is 24.8 Å². The normalized spacial score (nSPS) is 11.9. The molecule has 0 aliphatic carbocycles. The zero-order valence-corrected chi connectivity index (χ0v) is 9.17. The van der Waals surface area contributed by atoms with E-state index in [4.69, 9.17) is 11.5 Å². The van der Waals surface area contributed by atoms with Gasteiger partial charge in [0, 0.05) is 6.54 Å². The Kier molecular flexibility index (Phi) is 7.58. The van der Waals surface area contributed by atoms with Gasteiger partial charge in [0.15, 0.2) is 0 Å². The molecule has 0 saturated carbocycles. The van der Waals surface area contributed by atoms with Gasteiger partial charge in [0.1, 0.15) is 0 Å². The lowest BCUT2D eigenvalue weighted by atomic mass is 10.1. The molecule has 0 heterocycles. The Labute approximate surface area is 91.4 Å². The molecule has 1 amide bonds. The van der Waals surface area contributed by atoms with E-state index in [0.29, 0.717) is 19.5 Å². The number of hydrogen-bond acceptors (Lipinski definition) is 3. The predicted octanol–water partition coefficient (Wildman–Crippen LogP) is 0.301. The molecule has 0 unspecified atom stereocenters. The minimum Gasteiger partial charge on any atom is -0.351 e. The van der Waals surface area contributed by atoms with E-state index in [9.17, 15) is 4.79 Å². The first-order valence-corrected chi connectivity index (χ1v) is 5.15. The van der Waals surface area contributed by atoms with Gasteiger partial charge in [0.05, 0.1) is 6.04 Å². The molecule has 0 spiro atoms. The molecule has 0 aromatic carbocycles. The molecule has 1 atom stereocenters. The highest BCUT2D eigenvalue weighted by Gasteiger charge is 2.11. The summed E-state index contributed by atoms with van der Waals surface area (Å²) in [7, 11) is 0. The summed E-state index contributed by atoms with van der Waals surface area (Å²) in [5.41, 5.74) is 11.8. The molecule has 0 saturated heterocycles. The zero-order chi connectivity index (χ0) is 11.7. The molecule has 15 heavy (non-hydrogen) atoms. The SMILES string of the molecule is C=CC(=C)CNC(=O)[C@@H](N)CCCCN. The standard InChI is InChI=1S/C11H21N3O/c1-3-9(2)8-14-11(15)10(13)6-4-5-7-12/h3,10H,1-2,4-8,12-13H2,(H,14,15)/t10-/m0/s1. The van der Waals surface area contributed by atoms with Crippen LogP contribution in [0.2, 0.25) is 0 Å². The Morgan fingerprint density at radius 1 is 1.47 bits per heavy atom. The number of nitrogens with one attached hydrogen (secondary N) is 1.